The van der Waals surface area contributed by atoms with Crippen molar-refractivity contribution in [3.05, 3.63) is 45.9 Å². The second kappa shape index (κ2) is 4.73. The first-order chi connectivity index (χ1) is 9.61. The zero-order chi connectivity index (χ0) is 14.3. The predicted molar refractivity (Wildman–Crippen MR) is 70.3 cm³/mol. The lowest BCUT2D eigenvalue weighted by atomic mass is 9.80. The molecule has 1 aromatic rings. The molecule has 20 heavy (non-hydrogen) atoms. The third kappa shape index (κ3) is 1.89. The molecule has 1 aliphatic heterocycles. The Morgan fingerprint density at radius 3 is 2.85 bits per heavy atom. The zero-order valence-corrected chi connectivity index (χ0v) is 11.2. The molecule has 0 bridgehead atoms. The molecule has 0 spiro atoms. The molecule has 2 aliphatic rings. The van der Waals surface area contributed by atoms with E-state index in [9.17, 15) is 10.1 Å². The maximum atomic E-state index is 12.2. The predicted octanol–water partition coefficient (Wildman–Crippen LogP) is 2.75. The molecule has 0 amide bonds. The van der Waals surface area contributed by atoms with Crippen LogP contribution in [0.4, 0.5) is 0 Å². The summed E-state index contributed by atoms with van der Waals surface area (Å²) in [6.45, 7) is 0. The number of ether oxygens (including phenoxy) is 1. The van der Waals surface area contributed by atoms with Crippen molar-refractivity contribution in [1.29, 1.82) is 5.26 Å². The van der Waals surface area contributed by atoms with Gasteiger partial charge in [0.25, 0.3) is 0 Å². The van der Waals surface area contributed by atoms with E-state index in [1.165, 1.54) is 0 Å². The van der Waals surface area contributed by atoms with E-state index in [1.54, 1.807) is 12.1 Å². The third-order valence-electron chi connectivity index (χ3n) is 3.48. The Balaban J connectivity index is 2.18. The van der Waals surface area contributed by atoms with Gasteiger partial charge in [-0.05, 0) is 30.2 Å². The molecule has 6 heteroatoms. The van der Waals surface area contributed by atoms with Crippen LogP contribution in [0.15, 0.2) is 39.3 Å². The Labute approximate surface area is 120 Å². The summed E-state index contributed by atoms with van der Waals surface area (Å²) in [5.74, 6) is 0.336. The Bertz CT molecular complexity index is 694. The van der Waals surface area contributed by atoms with Gasteiger partial charge in [-0.15, -0.1) is 0 Å². The minimum absolute atomic E-state index is 0.0264. The number of rotatable bonds is 1. The number of halogens is 1. The normalized spacial score (nSPS) is 22.4. The molecule has 1 unspecified atom stereocenters. The molecule has 0 saturated heterocycles. The Kier molecular flexibility index (Phi) is 3.03. The van der Waals surface area contributed by atoms with Crippen molar-refractivity contribution in [3.8, 4) is 6.07 Å². The summed E-state index contributed by atoms with van der Waals surface area (Å²) in [6.07, 6.45) is 1.79. The SMILES string of the molecule is N#CC1=C(N)OC2=C(C(=O)CCC2)C1c1ccc(Cl)o1. The first kappa shape index (κ1) is 12.8. The van der Waals surface area contributed by atoms with Crippen LogP contribution in [0.3, 0.4) is 0 Å². The van der Waals surface area contributed by atoms with Crippen molar-refractivity contribution in [2.75, 3.05) is 0 Å². The summed E-state index contributed by atoms with van der Waals surface area (Å²) in [6, 6.07) is 5.23. The molecule has 5 nitrogen and oxygen atoms in total. The van der Waals surface area contributed by atoms with Crippen LogP contribution >= 0.6 is 11.6 Å². The Morgan fingerprint density at radius 2 is 2.20 bits per heavy atom. The average Bonchev–Trinajstić information content (AvgIpc) is 2.84. The summed E-state index contributed by atoms with van der Waals surface area (Å²) in [5.41, 5.74) is 6.44. The van der Waals surface area contributed by atoms with Gasteiger partial charge in [0.2, 0.25) is 5.88 Å². The maximum Gasteiger partial charge on any atom is 0.205 e. The van der Waals surface area contributed by atoms with Gasteiger partial charge in [0.1, 0.15) is 23.2 Å². The fourth-order valence-electron chi connectivity index (χ4n) is 2.62. The number of nitriles is 1. The quantitative estimate of drug-likeness (QED) is 0.859. The van der Waals surface area contributed by atoms with Gasteiger partial charge in [0.05, 0.1) is 5.92 Å². The van der Waals surface area contributed by atoms with E-state index >= 15 is 0 Å². The van der Waals surface area contributed by atoms with E-state index in [1.807, 2.05) is 6.07 Å². The van der Waals surface area contributed by atoms with E-state index in [0.29, 0.717) is 29.9 Å². The number of Topliss-reactive ketones (excluding diaryl/α,β-unsaturated/α-hetero) is 1. The number of hydrogen-bond acceptors (Lipinski definition) is 5. The van der Waals surface area contributed by atoms with Crippen LogP contribution in [0, 0.1) is 11.3 Å². The third-order valence-corrected chi connectivity index (χ3v) is 3.69. The molecular formula is C14H11ClN2O3. The number of allylic oxidation sites excluding steroid dienone is 3. The van der Waals surface area contributed by atoms with Gasteiger partial charge in [-0.2, -0.15) is 5.26 Å². The van der Waals surface area contributed by atoms with Crippen LogP contribution in [-0.2, 0) is 9.53 Å². The van der Waals surface area contributed by atoms with Crippen LogP contribution in [0.1, 0.15) is 30.9 Å². The average molecular weight is 291 g/mol. The summed E-state index contributed by atoms with van der Waals surface area (Å²) in [4.78, 5) is 12.2. The first-order valence-corrected chi connectivity index (χ1v) is 6.58. The molecule has 2 heterocycles. The number of nitrogens with zero attached hydrogens (tertiary/aromatic N) is 1. The second-order valence-corrected chi connectivity index (χ2v) is 5.05. The lowest BCUT2D eigenvalue weighted by Crippen LogP contribution is -2.27. The number of hydrogen-bond donors (Lipinski definition) is 1. The molecule has 1 aromatic heterocycles. The lowest BCUT2D eigenvalue weighted by Gasteiger charge is -2.29. The lowest BCUT2D eigenvalue weighted by molar-refractivity contribution is -0.116. The van der Waals surface area contributed by atoms with Crippen molar-refractivity contribution in [2.24, 2.45) is 5.73 Å². The van der Waals surface area contributed by atoms with Crippen LogP contribution < -0.4 is 5.73 Å². The highest BCUT2D eigenvalue weighted by Gasteiger charge is 2.39. The highest BCUT2D eigenvalue weighted by atomic mass is 35.5. The van der Waals surface area contributed by atoms with Crippen LogP contribution in [-0.4, -0.2) is 5.78 Å². The molecule has 1 aliphatic carbocycles. The van der Waals surface area contributed by atoms with Gasteiger partial charge in [0.15, 0.2) is 11.0 Å². The summed E-state index contributed by atoms with van der Waals surface area (Å²) < 4.78 is 10.8. The van der Waals surface area contributed by atoms with Gasteiger partial charge in [-0.25, -0.2) is 0 Å². The fourth-order valence-corrected chi connectivity index (χ4v) is 2.78. The van der Waals surface area contributed by atoms with Crippen LogP contribution in [0.2, 0.25) is 5.22 Å². The van der Waals surface area contributed by atoms with E-state index < -0.39 is 5.92 Å². The number of ketones is 1. The molecule has 0 fully saturated rings. The monoisotopic (exact) mass is 290 g/mol. The fraction of sp³-hybridized carbons (Fsp3) is 0.286. The van der Waals surface area contributed by atoms with Crippen LogP contribution in [0.5, 0.6) is 0 Å². The van der Waals surface area contributed by atoms with Crippen LogP contribution in [0.25, 0.3) is 0 Å². The van der Waals surface area contributed by atoms with E-state index in [2.05, 4.69) is 0 Å². The van der Waals surface area contributed by atoms with Gasteiger partial charge >= 0.3 is 0 Å². The standard InChI is InChI=1S/C14H11ClN2O3/c15-11-5-4-10(19-11)12-7(6-16)14(17)20-9-3-1-2-8(18)13(9)12/h4-5,12H,1-3,17H2. The zero-order valence-electron chi connectivity index (χ0n) is 10.5. The summed E-state index contributed by atoms with van der Waals surface area (Å²) >= 11 is 5.79. The highest BCUT2D eigenvalue weighted by molar-refractivity contribution is 6.28. The number of carbonyl (C=O) groups excluding carboxylic acids is 1. The number of nitrogens with two attached hydrogens (primary N) is 1. The molecule has 2 N–H and O–H groups in total. The molecule has 1 atom stereocenters. The van der Waals surface area contributed by atoms with E-state index in [0.717, 1.165) is 6.42 Å². The molecule has 102 valence electrons. The number of furan rings is 1. The summed E-state index contributed by atoms with van der Waals surface area (Å²) in [5, 5.41) is 9.50. The smallest absolute Gasteiger partial charge is 0.205 e. The largest absolute Gasteiger partial charge is 0.449 e. The highest BCUT2D eigenvalue weighted by Crippen LogP contribution is 2.43. The second-order valence-electron chi connectivity index (χ2n) is 4.68. The minimum atomic E-state index is -0.621. The minimum Gasteiger partial charge on any atom is -0.449 e. The molecular weight excluding hydrogens is 280 g/mol. The van der Waals surface area contributed by atoms with Crippen molar-refractivity contribution < 1.29 is 13.9 Å². The van der Waals surface area contributed by atoms with E-state index in [4.69, 9.17) is 26.5 Å². The van der Waals surface area contributed by atoms with Crippen molar-refractivity contribution in [3.63, 3.8) is 0 Å². The molecule has 0 saturated carbocycles. The summed E-state index contributed by atoms with van der Waals surface area (Å²) in [7, 11) is 0. The van der Waals surface area contributed by atoms with Crippen molar-refractivity contribution in [1.82, 2.24) is 0 Å². The molecule has 3 rings (SSSR count). The Hall–Kier alpha value is -2.19. The van der Waals surface area contributed by atoms with Gasteiger partial charge < -0.3 is 14.9 Å². The topological polar surface area (TPSA) is 89.3 Å². The van der Waals surface area contributed by atoms with Crippen molar-refractivity contribution in [2.45, 2.75) is 25.2 Å². The van der Waals surface area contributed by atoms with E-state index in [-0.39, 0.29) is 22.5 Å². The Morgan fingerprint density at radius 1 is 1.40 bits per heavy atom. The van der Waals surface area contributed by atoms with Gasteiger partial charge in [-0.3, -0.25) is 4.79 Å². The first-order valence-electron chi connectivity index (χ1n) is 6.21. The number of carbonyl (C=O) groups is 1. The molecule has 0 aromatic carbocycles. The van der Waals surface area contributed by atoms with Gasteiger partial charge in [-0.1, -0.05) is 0 Å². The van der Waals surface area contributed by atoms with Gasteiger partial charge in [0, 0.05) is 18.4 Å². The van der Waals surface area contributed by atoms with Crippen molar-refractivity contribution >= 4 is 17.4 Å². The maximum absolute atomic E-state index is 12.2. The molecule has 0 radical (unpaired) electrons.